The topological polar surface area (TPSA) is 124 Å². The molecule has 4 rings (SSSR count). The van der Waals surface area contributed by atoms with E-state index in [1.54, 1.807) is 18.2 Å². The first-order valence-electron chi connectivity index (χ1n) is 8.75. The van der Waals surface area contributed by atoms with Gasteiger partial charge in [-0.2, -0.15) is 8.42 Å². The molecule has 0 bridgehead atoms. The van der Waals surface area contributed by atoms with E-state index in [1.807, 2.05) is 0 Å². The number of hydrogen-bond donors (Lipinski definition) is 4. The molecule has 4 N–H and O–H groups in total. The van der Waals surface area contributed by atoms with Crippen molar-refractivity contribution in [2.24, 2.45) is 0 Å². The van der Waals surface area contributed by atoms with Gasteiger partial charge in [0, 0.05) is 16.7 Å². The van der Waals surface area contributed by atoms with Crippen molar-refractivity contribution < 1.29 is 33.0 Å². The molecular weight excluding hydrogens is 396 g/mol. The minimum Gasteiger partial charge on any atom is -0.508 e. The molecule has 0 fully saturated rings. The van der Waals surface area contributed by atoms with E-state index in [0.29, 0.717) is 16.7 Å². The summed E-state index contributed by atoms with van der Waals surface area (Å²) in [6, 6.07) is 15.0. The molecule has 0 aliphatic carbocycles. The largest absolute Gasteiger partial charge is 0.508 e. The minimum atomic E-state index is -4.12. The average molecular weight is 414 g/mol. The van der Waals surface area contributed by atoms with Crippen LogP contribution in [0.15, 0.2) is 65.6 Å². The Bertz CT molecular complexity index is 1150. The van der Waals surface area contributed by atoms with E-state index in [2.05, 4.69) is 0 Å². The third-order valence-corrected chi connectivity index (χ3v) is 6.45. The Morgan fingerprint density at radius 3 is 1.83 bits per heavy atom. The maximum Gasteiger partial charge on any atom is 0.298 e. The molecule has 0 aromatic heterocycles. The molecule has 1 aliphatic rings. The minimum absolute atomic E-state index is 0.00255. The SMILES string of the molecule is O=S1(=O)OC(c2ccc(O)c(CO)c2)(c2ccc(O)c(CO)c2)c2ccccc21. The fraction of sp³-hybridized carbons (Fsp3) is 0.143. The molecule has 150 valence electrons. The van der Waals surface area contributed by atoms with E-state index < -0.39 is 28.9 Å². The average Bonchev–Trinajstić information content (AvgIpc) is 2.97. The highest BCUT2D eigenvalue weighted by atomic mass is 32.2. The van der Waals surface area contributed by atoms with E-state index in [1.165, 1.54) is 42.5 Å². The van der Waals surface area contributed by atoms with E-state index in [9.17, 15) is 28.8 Å². The van der Waals surface area contributed by atoms with Crippen molar-refractivity contribution in [1.29, 1.82) is 0 Å². The smallest absolute Gasteiger partial charge is 0.298 e. The van der Waals surface area contributed by atoms with Crippen LogP contribution in [0.25, 0.3) is 0 Å². The lowest BCUT2D eigenvalue weighted by molar-refractivity contribution is 0.179. The summed E-state index contributed by atoms with van der Waals surface area (Å²) >= 11 is 0. The number of phenols is 2. The number of aliphatic hydroxyl groups is 2. The Hall–Kier alpha value is -2.91. The van der Waals surface area contributed by atoms with Crippen LogP contribution in [0.2, 0.25) is 0 Å². The van der Waals surface area contributed by atoms with Crippen LogP contribution >= 0.6 is 0 Å². The van der Waals surface area contributed by atoms with E-state index >= 15 is 0 Å². The highest BCUT2D eigenvalue weighted by Crippen LogP contribution is 2.51. The second kappa shape index (κ2) is 6.85. The molecule has 8 heteroatoms. The van der Waals surface area contributed by atoms with Crippen LogP contribution in [0.3, 0.4) is 0 Å². The molecular formula is C21H18O7S. The third-order valence-electron chi connectivity index (χ3n) is 5.08. The van der Waals surface area contributed by atoms with Gasteiger partial charge in [-0.15, -0.1) is 0 Å². The quantitative estimate of drug-likeness (QED) is 0.482. The van der Waals surface area contributed by atoms with Crippen LogP contribution in [0.5, 0.6) is 11.5 Å². The Balaban J connectivity index is 2.10. The van der Waals surface area contributed by atoms with Crippen molar-refractivity contribution in [3.05, 3.63) is 88.5 Å². The molecule has 0 atom stereocenters. The summed E-state index contributed by atoms with van der Waals surface area (Å²) in [6.07, 6.45) is 0. The Morgan fingerprint density at radius 2 is 1.31 bits per heavy atom. The molecule has 0 saturated heterocycles. The van der Waals surface area contributed by atoms with Crippen LogP contribution in [0.1, 0.15) is 27.8 Å². The second-order valence-corrected chi connectivity index (χ2v) is 8.23. The number of fused-ring (bicyclic) bond motifs is 1. The first-order valence-corrected chi connectivity index (χ1v) is 10.2. The lowest BCUT2D eigenvalue weighted by Gasteiger charge is -2.30. The maximum absolute atomic E-state index is 12.8. The van der Waals surface area contributed by atoms with Crippen molar-refractivity contribution in [3.63, 3.8) is 0 Å². The van der Waals surface area contributed by atoms with Crippen LogP contribution < -0.4 is 0 Å². The van der Waals surface area contributed by atoms with Crippen LogP contribution in [0, 0.1) is 0 Å². The molecule has 0 unspecified atom stereocenters. The van der Waals surface area contributed by atoms with Crippen LogP contribution in [-0.4, -0.2) is 28.8 Å². The number of rotatable bonds is 4. The van der Waals surface area contributed by atoms with Crippen LogP contribution in [0.4, 0.5) is 0 Å². The van der Waals surface area contributed by atoms with Gasteiger partial charge in [0.1, 0.15) is 16.4 Å². The molecule has 29 heavy (non-hydrogen) atoms. The Morgan fingerprint density at radius 1 is 0.793 bits per heavy atom. The van der Waals surface area contributed by atoms with Crippen LogP contribution in [-0.2, 0) is 33.1 Å². The summed E-state index contributed by atoms with van der Waals surface area (Å²) in [4.78, 5) is -0.00255. The molecule has 0 amide bonds. The normalized spacial score (nSPS) is 16.5. The summed E-state index contributed by atoms with van der Waals surface area (Å²) in [5.74, 6) is -0.274. The second-order valence-electron chi connectivity index (χ2n) is 6.72. The van der Waals surface area contributed by atoms with Gasteiger partial charge >= 0.3 is 0 Å². The zero-order valence-electron chi connectivity index (χ0n) is 15.1. The van der Waals surface area contributed by atoms with Gasteiger partial charge in [-0.1, -0.05) is 30.3 Å². The number of hydrogen-bond acceptors (Lipinski definition) is 7. The molecule has 7 nitrogen and oxygen atoms in total. The first kappa shape index (κ1) is 19.4. The first-order chi connectivity index (χ1) is 13.8. The van der Waals surface area contributed by atoms with Gasteiger partial charge in [0.25, 0.3) is 10.1 Å². The zero-order valence-corrected chi connectivity index (χ0v) is 15.9. The predicted molar refractivity (Wildman–Crippen MR) is 103 cm³/mol. The molecule has 1 aliphatic heterocycles. The van der Waals surface area contributed by atoms with Crippen molar-refractivity contribution in [2.75, 3.05) is 0 Å². The van der Waals surface area contributed by atoms with Gasteiger partial charge in [0.05, 0.1) is 13.2 Å². The summed E-state index contributed by atoms with van der Waals surface area (Å²) < 4.78 is 31.4. The van der Waals surface area contributed by atoms with E-state index in [0.717, 1.165) is 0 Å². The van der Waals surface area contributed by atoms with Crippen molar-refractivity contribution in [1.82, 2.24) is 0 Å². The molecule has 3 aromatic carbocycles. The van der Waals surface area contributed by atoms with E-state index in [4.69, 9.17) is 4.18 Å². The molecule has 0 saturated carbocycles. The van der Waals surface area contributed by atoms with E-state index in [-0.39, 0.29) is 27.5 Å². The lowest BCUT2D eigenvalue weighted by Crippen LogP contribution is -2.30. The van der Waals surface area contributed by atoms with Crippen molar-refractivity contribution >= 4 is 10.1 Å². The summed E-state index contributed by atoms with van der Waals surface area (Å²) in [5, 5.41) is 39.1. The Labute approximate surface area is 167 Å². The molecule has 3 aromatic rings. The molecule has 0 spiro atoms. The van der Waals surface area contributed by atoms with Gasteiger partial charge in [-0.05, 0) is 41.5 Å². The number of aromatic hydroxyl groups is 2. The van der Waals surface area contributed by atoms with Gasteiger partial charge in [-0.3, -0.25) is 0 Å². The van der Waals surface area contributed by atoms with Crippen molar-refractivity contribution in [2.45, 2.75) is 23.7 Å². The zero-order chi connectivity index (χ0) is 20.8. The number of benzene rings is 3. The maximum atomic E-state index is 12.8. The Kier molecular flexibility index (Phi) is 4.59. The van der Waals surface area contributed by atoms with Gasteiger partial charge in [0.2, 0.25) is 0 Å². The van der Waals surface area contributed by atoms with Gasteiger partial charge in [-0.25, -0.2) is 4.18 Å². The fourth-order valence-electron chi connectivity index (χ4n) is 3.67. The summed E-state index contributed by atoms with van der Waals surface area (Å²) in [6.45, 7) is -0.913. The summed E-state index contributed by atoms with van der Waals surface area (Å²) in [5.41, 5.74) is -0.138. The van der Waals surface area contributed by atoms with Gasteiger partial charge in [0.15, 0.2) is 5.60 Å². The summed E-state index contributed by atoms with van der Waals surface area (Å²) in [7, 11) is -4.12. The fourth-order valence-corrected chi connectivity index (χ4v) is 5.09. The standard InChI is InChI=1S/C21H18O7S/c22-11-13-9-15(5-7-18(13)24)21(16-6-8-19(25)14(10-16)12-23)17-3-1-2-4-20(17)29(26,27)28-21/h1-10,22-25H,11-12H2. The van der Waals surface area contributed by atoms with Gasteiger partial charge < -0.3 is 20.4 Å². The highest BCUT2D eigenvalue weighted by molar-refractivity contribution is 7.87. The monoisotopic (exact) mass is 414 g/mol. The number of aliphatic hydroxyl groups excluding tert-OH is 2. The predicted octanol–water partition coefficient (Wildman–Crippen LogP) is 2.09. The third kappa shape index (κ3) is 2.89. The van der Waals surface area contributed by atoms with Crippen molar-refractivity contribution in [3.8, 4) is 11.5 Å². The highest BCUT2D eigenvalue weighted by Gasteiger charge is 2.51. The molecule has 1 heterocycles. The lowest BCUT2D eigenvalue weighted by atomic mass is 9.79. The molecule has 0 radical (unpaired) electrons.